The molecule has 0 bridgehead atoms. The predicted molar refractivity (Wildman–Crippen MR) is 54.1 cm³/mol. The van der Waals surface area contributed by atoms with E-state index in [0.29, 0.717) is 0 Å². The van der Waals surface area contributed by atoms with Gasteiger partial charge in [0.25, 0.3) is 0 Å². The van der Waals surface area contributed by atoms with Crippen LogP contribution in [0.4, 0.5) is 57.1 Å². The zero-order valence-electron chi connectivity index (χ0n) is 9.55. The molecule has 1 atom stereocenters. The SMILES string of the molecule is FC(F)(F)C(F)(F)C(F)(F)C(F)(F)C(F)(C(F)(F)F)[Si](Cl)(Cl)Cl. The highest BCUT2D eigenvalue weighted by molar-refractivity contribution is 7.65. The fourth-order valence-corrected chi connectivity index (χ4v) is 3.98. The van der Waals surface area contributed by atoms with Crippen LogP contribution in [0.25, 0.3) is 0 Å². The summed E-state index contributed by atoms with van der Waals surface area (Å²) in [6, 6.07) is -6.74. The maximum Gasteiger partial charge on any atom is 0.460 e. The van der Waals surface area contributed by atoms with Crippen LogP contribution in [0, 0.1) is 0 Å². The molecule has 0 N–H and O–H groups in total. The third kappa shape index (κ3) is 3.08. The summed E-state index contributed by atoms with van der Waals surface area (Å²) in [5.41, 5.74) is 0. The lowest BCUT2D eigenvalue weighted by molar-refractivity contribution is -0.421. The Hall–Kier alpha value is 0.177. The molecule has 0 spiro atoms. The lowest BCUT2D eigenvalue weighted by atomic mass is 9.99. The molecule has 140 valence electrons. The molecule has 0 aliphatic heterocycles. The summed E-state index contributed by atoms with van der Waals surface area (Å²) in [5, 5.41) is -6.95. The molecule has 0 radical (unpaired) electrons. The molecular weight excluding hydrogens is 453 g/mol. The standard InChI is InChI=1S/C6Cl3F13Si/c7-23(8,9)4(16,6(20,21)22)2(12,13)1(10,11)3(14,15)5(17,18)19. The summed E-state index contributed by atoms with van der Waals surface area (Å²) in [6.07, 6.45) is -14.7. The van der Waals surface area contributed by atoms with Crippen molar-refractivity contribution in [3.63, 3.8) is 0 Å². The van der Waals surface area contributed by atoms with Gasteiger partial charge < -0.3 is 0 Å². The van der Waals surface area contributed by atoms with Crippen molar-refractivity contribution in [3.05, 3.63) is 0 Å². The lowest BCUT2D eigenvalue weighted by Crippen LogP contribution is -2.75. The van der Waals surface area contributed by atoms with Gasteiger partial charge in [0.05, 0.1) is 0 Å². The van der Waals surface area contributed by atoms with Crippen molar-refractivity contribution in [3.8, 4) is 0 Å². The summed E-state index contributed by atoms with van der Waals surface area (Å²) in [7, 11) is 0. The monoisotopic (exact) mass is 452 g/mol. The van der Waals surface area contributed by atoms with Crippen LogP contribution < -0.4 is 0 Å². The largest absolute Gasteiger partial charge is 0.460 e. The highest BCUT2D eigenvalue weighted by atomic mass is 35.8. The summed E-state index contributed by atoms with van der Waals surface area (Å²) >= 11 is 12.9. The first-order valence-electron chi connectivity index (χ1n) is 4.52. The minimum absolute atomic E-state index is 4.32. The minimum atomic E-state index is -7.93. The van der Waals surface area contributed by atoms with Crippen molar-refractivity contribution in [2.45, 2.75) is 35.4 Å². The first-order valence-corrected chi connectivity index (χ1v) is 9.56. The normalized spacial score (nSPS) is 18.8. The van der Waals surface area contributed by atoms with E-state index in [2.05, 4.69) is 33.2 Å². The van der Waals surface area contributed by atoms with Crippen molar-refractivity contribution < 1.29 is 57.1 Å². The molecule has 0 nitrogen and oxygen atoms in total. The average Bonchev–Trinajstić information content (AvgIpc) is 2.22. The Morgan fingerprint density at radius 1 is 0.435 bits per heavy atom. The number of hydrogen-bond donors (Lipinski definition) is 0. The van der Waals surface area contributed by atoms with E-state index < -0.39 is 41.4 Å². The predicted octanol–water partition coefficient (Wildman–Crippen LogP) is 5.92. The molecule has 17 heteroatoms. The fraction of sp³-hybridized carbons (Fsp3) is 1.00. The van der Waals surface area contributed by atoms with Crippen LogP contribution in [-0.4, -0.2) is 41.4 Å². The fourth-order valence-electron chi connectivity index (χ4n) is 1.11. The third-order valence-electron chi connectivity index (χ3n) is 2.36. The first-order chi connectivity index (χ1) is 9.50. The van der Waals surface area contributed by atoms with E-state index in [0.717, 1.165) is 0 Å². The Kier molecular flexibility index (Phi) is 5.63. The quantitative estimate of drug-likeness (QED) is 0.282. The molecule has 0 aromatic heterocycles. The maximum absolute atomic E-state index is 13.6. The van der Waals surface area contributed by atoms with E-state index in [1.165, 1.54) is 0 Å². The summed E-state index contributed by atoms with van der Waals surface area (Å²) in [6.45, 7) is 0. The smallest absolute Gasteiger partial charge is 0.226 e. The van der Waals surface area contributed by atoms with E-state index in [1.54, 1.807) is 0 Å². The Bertz CT molecular complexity index is 432. The topological polar surface area (TPSA) is 0 Å². The van der Waals surface area contributed by atoms with Crippen LogP contribution in [0.15, 0.2) is 0 Å². The molecule has 0 heterocycles. The Labute approximate surface area is 132 Å². The van der Waals surface area contributed by atoms with Gasteiger partial charge in [-0.3, -0.25) is 0 Å². The second-order valence-corrected chi connectivity index (χ2v) is 12.4. The van der Waals surface area contributed by atoms with Crippen LogP contribution in [0.5, 0.6) is 0 Å². The average molecular weight is 453 g/mol. The molecule has 0 aliphatic rings. The zero-order chi connectivity index (χ0) is 19.5. The van der Waals surface area contributed by atoms with Gasteiger partial charge in [-0.15, -0.1) is 33.2 Å². The highest BCUT2D eigenvalue weighted by Crippen LogP contribution is 2.63. The van der Waals surface area contributed by atoms with Crippen LogP contribution in [0.2, 0.25) is 0 Å². The highest BCUT2D eigenvalue weighted by Gasteiger charge is 2.94. The Morgan fingerprint density at radius 3 is 0.913 bits per heavy atom. The molecule has 0 fully saturated rings. The van der Waals surface area contributed by atoms with Gasteiger partial charge in [-0.25, -0.2) is 4.39 Å². The van der Waals surface area contributed by atoms with Crippen molar-refractivity contribution in [2.75, 3.05) is 0 Å². The van der Waals surface area contributed by atoms with Gasteiger partial charge in [0, 0.05) is 0 Å². The van der Waals surface area contributed by atoms with Gasteiger partial charge in [0.15, 0.2) is 0 Å². The van der Waals surface area contributed by atoms with E-state index >= 15 is 0 Å². The lowest BCUT2D eigenvalue weighted by Gasteiger charge is -2.43. The van der Waals surface area contributed by atoms with Gasteiger partial charge in [-0.1, -0.05) is 0 Å². The van der Waals surface area contributed by atoms with Crippen LogP contribution in [0.1, 0.15) is 0 Å². The molecule has 0 aliphatic carbocycles. The molecule has 0 rings (SSSR count). The molecule has 0 saturated heterocycles. The third-order valence-corrected chi connectivity index (χ3v) is 6.08. The number of hydrogen-bond acceptors (Lipinski definition) is 0. The Balaban J connectivity index is 6.65. The van der Waals surface area contributed by atoms with Gasteiger partial charge in [0.1, 0.15) is 0 Å². The van der Waals surface area contributed by atoms with E-state index in [9.17, 15) is 57.1 Å². The zero-order valence-corrected chi connectivity index (χ0v) is 12.8. The second-order valence-electron chi connectivity index (χ2n) is 3.87. The molecular formula is C6Cl3F13Si. The molecule has 1 unspecified atom stereocenters. The van der Waals surface area contributed by atoms with Gasteiger partial charge in [-0.2, -0.15) is 52.7 Å². The van der Waals surface area contributed by atoms with Crippen LogP contribution in [0.3, 0.4) is 0 Å². The van der Waals surface area contributed by atoms with Gasteiger partial charge >= 0.3 is 41.4 Å². The molecule has 0 amide bonds. The van der Waals surface area contributed by atoms with Crippen molar-refractivity contribution in [1.29, 1.82) is 0 Å². The van der Waals surface area contributed by atoms with E-state index in [-0.39, 0.29) is 0 Å². The van der Waals surface area contributed by atoms with Crippen molar-refractivity contribution >= 4 is 39.2 Å². The van der Waals surface area contributed by atoms with Gasteiger partial charge in [0.2, 0.25) is 0 Å². The molecule has 23 heavy (non-hydrogen) atoms. The Morgan fingerprint density at radius 2 is 0.739 bits per heavy atom. The summed E-state index contributed by atoms with van der Waals surface area (Å²) in [4.78, 5) is 0. The number of halogens is 16. The molecule has 0 aromatic rings. The molecule has 0 aromatic carbocycles. The van der Waals surface area contributed by atoms with Crippen LogP contribution >= 0.6 is 33.2 Å². The summed E-state index contributed by atoms with van der Waals surface area (Å²) in [5.74, 6) is -23.5. The summed E-state index contributed by atoms with van der Waals surface area (Å²) < 4.78 is 163. The number of alkyl halides is 13. The van der Waals surface area contributed by atoms with Crippen LogP contribution in [-0.2, 0) is 0 Å². The first kappa shape index (κ1) is 23.2. The maximum atomic E-state index is 13.6. The minimum Gasteiger partial charge on any atom is -0.226 e. The second kappa shape index (κ2) is 5.59. The van der Waals surface area contributed by atoms with Gasteiger partial charge in [-0.05, 0) is 0 Å². The number of rotatable bonds is 4. The van der Waals surface area contributed by atoms with Crippen molar-refractivity contribution in [1.82, 2.24) is 0 Å². The van der Waals surface area contributed by atoms with E-state index in [4.69, 9.17) is 0 Å². The van der Waals surface area contributed by atoms with E-state index in [1.807, 2.05) is 0 Å². The van der Waals surface area contributed by atoms with Crippen molar-refractivity contribution in [2.24, 2.45) is 0 Å². The molecule has 0 saturated carbocycles.